The van der Waals surface area contributed by atoms with E-state index in [-0.39, 0.29) is 29.5 Å². The van der Waals surface area contributed by atoms with Gasteiger partial charge in [-0.15, -0.1) is 0 Å². The number of methoxy groups -OCH3 is 1. The summed E-state index contributed by atoms with van der Waals surface area (Å²) in [6.07, 6.45) is -0.600. The lowest BCUT2D eigenvalue weighted by Crippen LogP contribution is -2.41. The van der Waals surface area contributed by atoms with Crippen LogP contribution in [0.1, 0.15) is 59.7 Å². The molecular weight excluding hydrogens is 680 g/mol. The Balaban J connectivity index is 1.26. The summed E-state index contributed by atoms with van der Waals surface area (Å²) in [7, 11) is 5.57. The predicted octanol–water partition coefficient (Wildman–Crippen LogP) is 7.68. The van der Waals surface area contributed by atoms with Crippen molar-refractivity contribution < 1.29 is 41.4 Å². The number of anilines is 1. The number of hydrogen-bond donors (Lipinski definition) is 2. The van der Waals surface area contributed by atoms with Crippen molar-refractivity contribution in [2.45, 2.75) is 63.9 Å². The normalized spacial score (nSPS) is 15.9. The lowest BCUT2D eigenvalue weighted by atomic mass is 9.90. The summed E-state index contributed by atoms with van der Waals surface area (Å²) in [6, 6.07) is 16.2. The number of rotatable bonds is 13. The van der Waals surface area contributed by atoms with Crippen LogP contribution in [0.2, 0.25) is 0 Å². The number of amides is 2. The van der Waals surface area contributed by atoms with Crippen LogP contribution in [0.4, 0.5) is 23.2 Å². The highest BCUT2D eigenvalue weighted by molar-refractivity contribution is 5.98. The molecule has 1 aliphatic rings. The molecule has 1 aliphatic carbocycles. The van der Waals surface area contributed by atoms with Crippen LogP contribution in [-0.4, -0.2) is 61.6 Å². The number of benzene rings is 3. The molecule has 0 unspecified atom stereocenters. The van der Waals surface area contributed by atoms with Crippen LogP contribution >= 0.6 is 0 Å². The van der Waals surface area contributed by atoms with Gasteiger partial charge in [0.25, 0.3) is 5.91 Å². The fourth-order valence-electron chi connectivity index (χ4n) is 6.10. The Morgan fingerprint density at radius 1 is 0.942 bits per heavy atom. The minimum absolute atomic E-state index is 0.0184. The maximum absolute atomic E-state index is 15.4. The van der Waals surface area contributed by atoms with Gasteiger partial charge in [-0.3, -0.25) is 9.59 Å². The molecule has 4 aromatic rings. The Morgan fingerprint density at radius 2 is 1.67 bits per heavy atom. The molecule has 2 amide bonds. The first kappa shape index (κ1) is 38.1. The standard InChI is InChI=1S/C39H42F4N4O5/c1-5-51-35-21-37(52-23-24-6-14-32(50-4)15-7-24)44-22-33(35)25-8-9-26(34(40)18-25)19-36(48)45-30-17-27(16-28(20-30)39(41,42)43)38(49)46-29-10-12-31(13-11-29)47(2)3/h6-9,14-18,20-22,29,31H,5,10-13,19,23H2,1-4H3,(H,45,48)(H,46,49)/t29-,31+. The summed E-state index contributed by atoms with van der Waals surface area (Å²) in [5.74, 6) is -0.675. The van der Waals surface area contributed by atoms with Gasteiger partial charge in [-0.05, 0) is 99.8 Å². The topological polar surface area (TPSA) is 102 Å². The lowest BCUT2D eigenvalue weighted by molar-refractivity contribution is -0.137. The molecule has 276 valence electrons. The number of carbonyl (C=O) groups excluding carboxylic acids is 2. The number of halogens is 4. The van der Waals surface area contributed by atoms with Gasteiger partial charge in [0.2, 0.25) is 11.8 Å². The van der Waals surface area contributed by atoms with Crippen molar-refractivity contribution in [3.05, 3.63) is 101 Å². The van der Waals surface area contributed by atoms with Crippen LogP contribution in [0.15, 0.2) is 72.9 Å². The zero-order valence-electron chi connectivity index (χ0n) is 29.5. The Kier molecular flexibility index (Phi) is 12.4. The van der Waals surface area contributed by atoms with E-state index < -0.39 is 35.8 Å². The van der Waals surface area contributed by atoms with Crippen molar-refractivity contribution in [3.63, 3.8) is 0 Å². The Bertz CT molecular complexity index is 1860. The van der Waals surface area contributed by atoms with E-state index in [0.717, 1.165) is 36.3 Å². The molecule has 5 rings (SSSR count). The molecule has 52 heavy (non-hydrogen) atoms. The second-order valence-corrected chi connectivity index (χ2v) is 12.9. The number of aromatic nitrogens is 1. The highest BCUT2D eigenvalue weighted by Gasteiger charge is 2.32. The molecule has 2 N–H and O–H groups in total. The van der Waals surface area contributed by atoms with E-state index in [4.69, 9.17) is 14.2 Å². The molecule has 1 aromatic heterocycles. The first-order valence-electron chi connectivity index (χ1n) is 17.0. The SMILES string of the molecule is CCOc1cc(OCc2ccc(OC)cc2)ncc1-c1ccc(CC(=O)Nc2cc(C(=O)N[C@H]3CC[C@@H](N(C)C)CC3)cc(C(F)(F)F)c2)c(F)c1. The number of hydrogen-bond acceptors (Lipinski definition) is 7. The van der Waals surface area contributed by atoms with Crippen molar-refractivity contribution in [1.82, 2.24) is 15.2 Å². The smallest absolute Gasteiger partial charge is 0.416 e. The van der Waals surface area contributed by atoms with E-state index in [0.29, 0.717) is 48.2 Å². The van der Waals surface area contributed by atoms with Gasteiger partial charge < -0.3 is 29.7 Å². The molecule has 0 radical (unpaired) electrons. The van der Waals surface area contributed by atoms with Crippen LogP contribution in [0, 0.1) is 5.82 Å². The number of alkyl halides is 3. The van der Waals surface area contributed by atoms with Crippen LogP contribution in [-0.2, 0) is 24.0 Å². The van der Waals surface area contributed by atoms with Crippen molar-refractivity contribution in [1.29, 1.82) is 0 Å². The quantitative estimate of drug-likeness (QED) is 0.137. The molecule has 1 fully saturated rings. The third kappa shape index (κ3) is 9.99. The molecule has 9 nitrogen and oxygen atoms in total. The highest BCUT2D eigenvalue weighted by Crippen LogP contribution is 2.35. The molecule has 0 aliphatic heterocycles. The van der Waals surface area contributed by atoms with Gasteiger partial charge >= 0.3 is 6.18 Å². The average molecular weight is 723 g/mol. The van der Waals surface area contributed by atoms with E-state index in [1.807, 2.05) is 38.4 Å². The van der Waals surface area contributed by atoms with Gasteiger partial charge in [0.15, 0.2) is 0 Å². The molecule has 1 saturated carbocycles. The van der Waals surface area contributed by atoms with Crippen molar-refractivity contribution in [3.8, 4) is 28.5 Å². The molecule has 0 atom stereocenters. The molecular formula is C39H42F4N4O5. The zero-order valence-corrected chi connectivity index (χ0v) is 29.5. The number of pyridine rings is 1. The van der Waals surface area contributed by atoms with Gasteiger partial charge in [-0.1, -0.05) is 24.3 Å². The maximum Gasteiger partial charge on any atom is 0.416 e. The Labute approximate surface area is 300 Å². The number of carbonyl (C=O) groups is 2. The fourth-order valence-corrected chi connectivity index (χ4v) is 6.10. The number of ether oxygens (including phenoxy) is 3. The van der Waals surface area contributed by atoms with E-state index in [2.05, 4.69) is 20.5 Å². The van der Waals surface area contributed by atoms with E-state index in [1.165, 1.54) is 24.4 Å². The minimum Gasteiger partial charge on any atom is -0.497 e. The first-order chi connectivity index (χ1) is 24.8. The largest absolute Gasteiger partial charge is 0.497 e. The van der Waals surface area contributed by atoms with Gasteiger partial charge in [-0.25, -0.2) is 9.37 Å². The van der Waals surface area contributed by atoms with Gasteiger partial charge in [0.1, 0.15) is 23.9 Å². The summed E-state index contributed by atoms with van der Waals surface area (Å²) in [5.41, 5.74) is 0.310. The molecule has 1 heterocycles. The molecule has 13 heteroatoms. The zero-order chi connectivity index (χ0) is 37.4. The van der Waals surface area contributed by atoms with Crippen LogP contribution in [0.3, 0.4) is 0 Å². The van der Waals surface area contributed by atoms with Crippen LogP contribution in [0.25, 0.3) is 11.1 Å². The van der Waals surface area contributed by atoms with Crippen LogP contribution in [0.5, 0.6) is 17.4 Å². The minimum atomic E-state index is -4.77. The molecule has 0 saturated heterocycles. The summed E-state index contributed by atoms with van der Waals surface area (Å²) in [6.45, 7) is 2.38. The average Bonchev–Trinajstić information content (AvgIpc) is 3.11. The van der Waals surface area contributed by atoms with E-state index in [1.54, 1.807) is 26.2 Å². The monoisotopic (exact) mass is 722 g/mol. The third-order valence-corrected chi connectivity index (χ3v) is 8.97. The third-order valence-electron chi connectivity index (χ3n) is 8.97. The van der Waals surface area contributed by atoms with Crippen molar-refractivity contribution >= 4 is 17.5 Å². The van der Waals surface area contributed by atoms with E-state index >= 15 is 4.39 Å². The fraction of sp³-hybridized carbons (Fsp3) is 0.359. The van der Waals surface area contributed by atoms with Crippen molar-refractivity contribution in [2.24, 2.45) is 0 Å². The molecule has 0 bridgehead atoms. The van der Waals surface area contributed by atoms with Crippen LogP contribution < -0.4 is 24.8 Å². The highest BCUT2D eigenvalue weighted by atomic mass is 19.4. The summed E-state index contributed by atoms with van der Waals surface area (Å²) >= 11 is 0. The maximum atomic E-state index is 15.4. The van der Waals surface area contributed by atoms with E-state index in [9.17, 15) is 22.8 Å². The number of nitrogens with zero attached hydrogens (tertiary/aromatic N) is 2. The lowest BCUT2D eigenvalue weighted by Gasteiger charge is -2.33. The summed E-state index contributed by atoms with van der Waals surface area (Å²) in [5, 5.41) is 5.25. The van der Waals surface area contributed by atoms with Gasteiger partial charge in [-0.2, -0.15) is 13.2 Å². The molecule has 3 aromatic carbocycles. The Hall–Kier alpha value is -5.17. The first-order valence-corrected chi connectivity index (χ1v) is 17.0. The second-order valence-electron chi connectivity index (χ2n) is 12.9. The van der Waals surface area contributed by atoms with Gasteiger partial charge in [0, 0.05) is 41.2 Å². The van der Waals surface area contributed by atoms with Gasteiger partial charge in [0.05, 0.1) is 25.7 Å². The summed E-state index contributed by atoms with van der Waals surface area (Å²) in [4.78, 5) is 32.5. The molecule has 0 spiro atoms. The Morgan fingerprint density at radius 3 is 2.31 bits per heavy atom. The second kappa shape index (κ2) is 16.9. The predicted molar refractivity (Wildman–Crippen MR) is 189 cm³/mol. The summed E-state index contributed by atoms with van der Waals surface area (Å²) < 4.78 is 73.6. The number of nitrogens with one attached hydrogen (secondary N) is 2. The van der Waals surface area contributed by atoms with Crippen molar-refractivity contribution in [2.75, 3.05) is 33.1 Å².